The quantitative estimate of drug-likeness (QED) is 0.829. The van der Waals surface area contributed by atoms with E-state index < -0.39 is 5.97 Å². The number of carbonyl (C=O) groups is 1. The second-order valence-corrected chi connectivity index (χ2v) is 3.38. The summed E-state index contributed by atoms with van der Waals surface area (Å²) >= 11 is 0. The highest BCUT2D eigenvalue weighted by Gasteiger charge is 2.11. The number of benzene rings is 1. The highest BCUT2D eigenvalue weighted by Crippen LogP contribution is 2.16. The van der Waals surface area contributed by atoms with Crippen LogP contribution in [0.3, 0.4) is 0 Å². The fourth-order valence-corrected chi connectivity index (χ4v) is 1.42. The summed E-state index contributed by atoms with van der Waals surface area (Å²) in [6, 6.07) is 5.97. The van der Waals surface area contributed by atoms with Crippen LogP contribution in [0.4, 0.5) is 4.39 Å². The van der Waals surface area contributed by atoms with Crippen molar-refractivity contribution >= 4 is 5.97 Å². The molecule has 0 fully saturated rings. The Morgan fingerprint density at radius 3 is 3.06 bits per heavy atom. The van der Waals surface area contributed by atoms with Crippen LogP contribution >= 0.6 is 0 Å². The molecule has 0 aliphatic rings. The largest absolute Gasteiger partial charge is 0.461 e. The summed E-state index contributed by atoms with van der Waals surface area (Å²) in [6.07, 6.45) is 1.37. The van der Waals surface area contributed by atoms with Crippen LogP contribution < -0.4 is 0 Å². The van der Waals surface area contributed by atoms with E-state index in [9.17, 15) is 9.18 Å². The molecule has 4 nitrogen and oxygen atoms in total. The summed E-state index contributed by atoms with van der Waals surface area (Å²) in [6.45, 7) is 2.02. The number of hydrogen-bond acceptors (Lipinski definition) is 3. The average Bonchev–Trinajstić information content (AvgIpc) is 2.78. The number of nitrogens with zero attached hydrogens (tertiary/aromatic N) is 1. The average molecular weight is 234 g/mol. The summed E-state index contributed by atoms with van der Waals surface area (Å²) in [7, 11) is 0. The normalized spacial score (nSPS) is 10.2. The number of esters is 1. The molecular formula is C12H11FN2O2. The molecule has 0 aliphatic carbocycles. The van der Waals surface area contributed by atoms with Crippen molar-refractivity contribution in [1.29, 1.82) is 0 Å². The number of aromatic nitrogens is 2. The summed E-state index contributed by atoms with van der Waals surface area (Å²) in [5.41, 5.74) is 0.839. The molecule has 17 heavy (non-hydrogen) atoms. The Kier molecular flexibility index (Phi) is 3.18. The molecule has 0 radical (unpaired) electrons. The van der Waals surface area contributed by atoms with Crippen molar-refractivity contribution in [2.24, 2.45) is 0 Å². The van der Waals surface area contributed by atoms with E-state index in [0.717, 1.165) is 0 Å². The zero-order valence-electron chi connectivity index (χ0n) is 9.24. The van der Waals surface area contributed by atoms with E-state index in [-0.39, 0.29) is 11.5 Å². The Balaban J connectivity index is 2.27. The minimum absolute atomic E-state index is 0.256. The summed E-state index contributed by atoms with van der Waals surface area (Å²) < 4.78 is 17.8. The third-order valence-corrected chi connectivity index (χ3v) is 2.17. The van der Waals surface area contributed by atoms with Gasteiger partial charge in [0.1, 0.15) is 17.3 Å². The molecule has 88 valence electrons. The lowest BCUT2D eigenvalue weighted by atomic mass is 10.2. The number of ether oxygens (including phenoxy) is 1. The second kappa shape index (κ2) is 4.78. The number of nitrogens with one attached hydrogen (secondary N) is 1. The van der Waals surface area contributed by atoms with E-state index in [2.05, 4.69) is 9.97 Å². The second-order valence-electron chi connectivity index (χ2n) is 3.38. The van der Waals surface area contributed by atoms with Gasteiger partial charge in [0.25, 0.3) is 0 Å². The molecule has 0 saturated heterocycles. The van der Waals surface area contributed by atoms with E-state index in [1.165, 1.54) is 18.3 Å². The summed E-state index contributed by atoms with van der Waals surface area (Å²) in [4.78, 5) is 18.2. The van der Waals surface area contributed by atoms with Crippen molar-refractivity contribution in [2.75, 3.05) is 6.61 Å². The fourth-order valence-electron chi connectivity index (χ4n) is 1.42. The van der Waals surface area contributed by atoms with Crippen molar-refractivity contribution < 1.29 is 13.9 Å². The van der Waals surface area contributed by atoms with Gasteiger partial charge in [0.2, 0.25) is 0 Å². The predicted molar refractivity (Wildman–Crippen MR) is 59.9 cm³/mol. The van der Waals surface area contributed by atoms with Crippen LogP contribution in [0.15, 0.2) is 30.5 Å². The molecule has 1 aromatic heterocycles. The molecule has 0 atom stereocenters. The first-order chi connectivity index (χ1) is 8.20. The van der Waals surface area contributed by atoms with Gasteiger partial charge in [-0.15, -0.1) is 0 Å². The Hall–Kier alpha value is -2.17. The first-order valence-electron chi connectivity index (χ1n) is 5.18. The van der Waals surface area contributed by atoms with Crippen molar-refractivity contribution in [3.05, 3.63) is 42.0 Å². The van der Waals surface area contributed by atoms with Gasteiger partial charge in [-0.25, -0.2) is 14.2 Å². The number of hydrogen-bond donors (Lipinski definition) is 1. The standard InChI is InChI=1S/C12H11FN2O2/c1-2-17-12(16)10-7-14-11(15-10)8-4-3-5-9(13)6-8/h3-7H,2H2,1H3,(H,14,15). The molecule has 0 unspecified atom stereocenters. The fraction of sp³-hybridized carbons (Fsp3) is 0.167. The molecule has 1 N–H and O–H groups in total. The molecule has 0 aliphatic heterocycles. The lowest BCUT2D eigenvalue weighted by Gasteiger charge is -1.98. The predicted octanol–water partition coefficient (Wildman–Crippen LogP) is 2.39. The van der Waals surface area contributed by atoms with Gasteiger partial charge in [-0.2, -0.15) is 0 Å². The van der Waals surface area contributed by atoms with Crippen LogP contribution in [0.5, 0.6) is 0 Å². The van der Waals surface area contributed by atoms with Gasteiger partial charge in [0.05, 0.1) is 12.8 Å². The SMILES string of the molecule is CCOC(=O)c1cnc(-c2cccc(F)c2)[nH]1. The van der Waals surface area contributed by atoms with Gasteiger partial charge in [0, 0.05) is 5.56 Å². The topological polar surface area (TPSA) is 55.0 Å². The lowest BCUT2D eigenvalue weighted by Crippen LogP contribution is -2.04. The van der Waals surface area contributed by atoms with Gasteiger partial charge < -0.3 is 9.72 Å². The van der Waals surface area contributed by atoms with Crippen LogP contribution in [-0.4, -0.2) is 22.5 Å². The summed E-state index contributed by atoms with van der Waals surface area (Å²) in [5.74, 6) is -0.383. The van der Waals surface area contributed by atoms with Crippen LogP contribution in [0.2, 0.25) is 0 Å². The first kappa shape index (κ1) is 11.3. The number of imidazole rings is 1. The first-order valence-corrected chi connectivity index (χ1v) is 5.18. The monoisotopic (exact) mass is 234 g/mol. The third-order valence-electron chi connectivity index (χ3n) is 2.17. The maximum absolute atomic E-state index is 13.0. The Labute approximate surface area is 97.5 Å². The Morgan fingerprint density at radius 1 is 1.53 bits per heavy atom. The lowest BCUT2D eigenvalue weighted by molar-refractivity contribution is 0.0520. The van der Waals surface area contributed by atoms with E-state index in [1.54, 1.807) is 19.1 Å². The minimum Gasteiger partial charge on any atom is -0.461 e. The maximum atomic E-state index is 13.0. The summed E-state index contributed by atoms with van der Waals surface area (Å²) in [5, 5.41) is 0. The Bertz CT molecular complexity index is 537. The molecule has 0 spiro atoms. The van der Waals surface area contributed by atoms with E-state index >= 15 is 0 Å². The number of aromatic amines is 1. The molecule has 2 aromatic rings. The maximum Gasteiger partial charge on any atom is 0.356 e. The Morgan fingerprint density at radius 2 is 2.35 bits per heavy atom. The van der Waals surface area contributed by atoms with Gasteiger partial charge in [-0.1, -0.05) is 12.1 Å². The van der Waals surface area contributed by atoms with E-state index in [0.29, 0.717) is 18.0 Å². The van der Waals surface area contributed by atoms with Gasteiger partial charge >= 0.3 is 5.97 Å². The molecule has 0 amide bonds. The zero-order valence-corrected chi connectivity index (χ0v) is 9.24. The molecule has 0 saturated carbocycles. The zero-order chi connectivity index (χ0) is 12.3. The molecule has 1 aromatic carbocycles. The van der Waals surface area contributed by atoms with Crippen LogP contribution in [0.1, 0.15) is 17.4 Å². The number of carbonyl (C=O) groups excluding carboxylic acids is 1. The molecule has 0 bridgehead atoms. The molecule has 2 rings (SSSR count). The molecule has 1 heterocycles. The number of H-pyrrole nitrogens is 1. The minimum atomic E-state index is -0.470. The van der Waals surface area contributed by atoms with Gasteiger partial charge in [-0.05, 0) is 19.1 Å². The van der Waals surface area contributed by atoms with Crippen molar-refractivity contribution in [1.82, 2.24) is 9.97 Å². The van der Waals surface area contributed by atoms with Crippen molar-refractivity contribution in [3.63, 3.8) is 0 Å². The van der Waals surface area contributed by atoms with Crippen molar-refractivity contribution in [2.45, 2.75) is 6.92 Å². The van der Waals surface area contributed by atoms with E-state index in [4.69, 9.17) is 4.74 Å². The van der Waals surface area contributed by atoms with Gasteiger partial charge in [0.15, 0.2) is 0 Å². The van der Waals surface area contributed by atoms with Crippen LogP contribution in [-0.2, 0) is 4.74 Å². The van der Waals surface area contributed by atoms with Crippen LogP contribution in [0.25, 0.3) is 11.4 Å². The molecular weight excluding hydrogens is 223 g/mol. The van der Waals surface area contributed by atoms with Crippen LogP contribution in [0, 0.1) is 5.82 Å². The highest BCUT2D eigenvalue weighted by atomic mass is 19.1. The number of halogens is 1. The number of rotatable bonds is 3. The third kappa shape index (κ3) is 2.50. The highest BCUT2D eigenvalue weighted by molar-refractivity contribution is 5.87. The molecule has 5 heteroatoms. The smallest absolute Gasteiger partial charge is 0.356 e. The van der Waals surface area contributed by atoms with Gasteiger partial charge in [-0.3, -0.25) is 0 Å². The van der Waals surface area contributed by atoms with E-state index in [1.807, 2.05) is 0 Å². The van der Waals surface area contributed by atoms with Crippen molar-refractivity contribution in [3.8, 4) is 11.4 Å².